The Balaban J connectivity index is 0.00000192. The van der Waals surface area contributed by atoms with Gasteiger partial charge in [0.05, 0.1) is 23.3 Å². The van der Waals surface area contributed by atoms with Crippen LogP contribution in [0.2, 0.25) is 0 Å². The van der Waals surface area contributed by atoms with Crippen molar-refractivity contribution in [2.24, 2.45) is 4.99 Å². The topological polar surface area (TPSA) is 58.5 Å². The molecule has 1 aromatic rings. The van der Waals surface area contributed by atoms with E-state index >= 15 is 0 Å². The molecule has 3 unspecified atom stereocenters. The monoisotopic (exact) mass is 450 g/mol. The van der Waals surface area contributed by atoms with E-state index in [0.29, 0.717) is 18.2 Å². The van der Waals surface area contributed by atoms with Crippen molar-refractivity contribution in [2.75, 3.05) is 13.1 Å². The summed E-state index contributed by atoms with van der Waals surface area (Å²) >= 11 is 1.75. The molecule has 23 heavy (non-hydrogen) atoms. The minimum atomic E-state index is 0. The fourth-order valence-electron chi connectivity index (χ4n) is 3.22. The first kappa shape index (κ1) is 18.9. The molecule has 7 heteroatoms. The third-order valence-corrected chi connectivity index (χ3v) is 5.28. The predicted octanol–water partition coefficient (Wildman–Crippen LogP) is 2.88. The van der Waals surface area contributed by atoms with E-state index in [0.717, 1.165) is 44.0 Å². The Kier molecular flexibility index (Phi) is 7.55. The summed E-state index contributed by atoms with van der Waals surface area (Å²) < 4.78 is 5.90. The van der Waals surface area contributed by atoms with Crippen LogP contribution in [0, 0.1) is 6.92 Å². The fourth-order valence-corrected chi connectivity index (χ4v) is 4.04. The molecule has 0 aromatic carbocycles. The normalized spacial score (nSPS) is 26.2. The maximum absolute atomic E-state index is 5.90. The SMILES string of the molecule is CCNC(=NCCCc1nc(C)cs1)NC1CC2CCC1O2.I. The molecule has 0 amide bonds. The van der Waals surface area contributed by atoms with Crippen LogP contribution in [0.15, 0.2) is 10.4 Å². The average molecular weight is 450 g/mol. The lowest BCUT2D eigenvalue weighted by atomic mass is 9.96. The number of fused-ring (bicyclic) bond motifs is 2. The Morgan fingerprint density at radius 3 is 2.96 bits per heavy atom. The van der Waals surface area contributed by atoms with Gasteiger partial charge >= 0.3 is 0 Å². The van der Waals surface area contributed by atoms with E-state index in [1.54, 1.807) is 11.3 Å². The number of aromatic nitrogens is 1. The lowest BCUT2D eigenvalue weighted by Gasteiger charge is -2.22. The number of aryl methyl sites for hydroxylation is 2. The molecule has 0 aliphatic carbocycles. The van der Waals surface area contributed by atoms with Crippen molar-refractivity contribution in [1.29, 1.82) is 0 Å². The van der Waals surface area contributed by atoms with Crippen LogP contribution in [-0.4, -0.2) is 42.3 Å². The second-order valence-electron chi connectivity index (χ2n) is 6.11. The van der Waals surface area contributed by atoms with Crippen molar-refractivity contribution in [1.82, 2.24) is 15.6 Å². The molecule has 3 heterocycles. The maximum Gasteiger partial charge on any atom is 0.191 e. The van der Waals surface area contributed by atoms with Crippen molar-refractivity contribution in [3.8, 4) is 0 Å². The molecule has 3 atom stereocenters. The maximum atomic E-state index is 5.90. The molecule has 1 aromatic heterocycles. The van der Waals surface area contributed by atoms with E-state index in [1.165, 1.54) is 17.8 Å². The van der Waals surface area contributed by atoms with Gasteiger partial charge in [0.15, 0.2) is 5.96 Å². The zero-order valence-electron chi connectivity index (χ0n) is 13.9. The number of guanidine groups is 1. The number of halogens is 1. The van der Waals surface area contributed by atoms with Crippen LogP contribution >= 0.6 is 35.3 Å². The molecule has 2 N–H and O–H groups in total. The lowest BCUT2D eigenvalue weighted by molar-refractivity contribution is 0.0992. The highest BCUT2D eigenvalue weighted by Crippen LogP contribution is 2.34. The summed E-state index contributed by atoms with van der Waals surface area (Å²) in [5.74, 6) is 0.930. The predicted molar refractivity (Wildman–Crippen MR) is 106 cm³/mol. The largest absolute Gasteiger partial charge is 0.373 e. The zero-order valence-corrected chi connectivity index (χ0v) is 17.0. The van der Waals surface area contributed by atoms with Gasteiger partial charge in [-0.3, -0.25) is 4.99 Å². The van der Waals surface area contributed by atoms with Crippen molar-refractivity contribution in [2.45, 2.75) is 64.2 Å². The van der Waals surface area contributed by atoms with Crippen LogP contribution in [0.25, 0.3) is 0 Å². The van der Waals surface area contributed by atoms with Gasteiger partial charge in [0.2, 0.25) is 0 Å². The molecule has 0 saturated carbocycles. The Bertz CT molecular complexity index is 522. The molecule has 5 nitrogen and oxygen atoms in total. The summed E-state index contributed by atoms with van der Waals surface area (Å²) in [6.45, 7) is 5.87. The van der Waals surface area contributed by atoms with Gasteiger partial charge in [0.1, 0.15) is 0 Å². The quantitative estimate of drug-likeness (QED) is 0.303. The minimum absolute atomic E-state index is 0. The molecule has 130 valence electrons. The first-order valence-corrected chi connectivity index (χ1v) is 9.24. The lowest BCUT2D eigenvalue weighted by Crippen LogP contribution is -2.47. The van der Waals surface area contributed by atoms with Crippen molar-refractivity contribution < 1.29 is 4.74 Å². The van der Waals surface area contributed by atoms with Crippen LogP contribution in [0.4, 0.5) is 0 Å². The molecule has 2 aliphatic heterocycles. The standard InChI is InChI=1S/C16H26N4OS.HI/c1-3-17-16(20-13-9-12-6-7-14(13)21-12)18-8-4-5-15-19-11(2)10-22-15;/h10,12-14H,3-9H2,1-2H3,(H2,17,18,20);1H. The molecule has 2 aliphatic rings. The summed E-state index contributed by atoms with van der Waals surface area (Å²) in [7, 11) is 0. The van der Waals surface area contributed by atoms with Crippen LogP contribution < -0.4 is 10.6 Å². The molecule has 0 spiro atoms. The van der Waals surface area contributed by atoms with Gasteiger partial charge in [-0.15, -0.1) is 35.3 Å². The number of nitrogens with one attached hydrogen (secondary N) is 2. The van der Waals surface area contributed by atoms with Gasteiger partial charge in [-0.1, -0.05) is 0 Å². The molecule has 3 rings (SSSR count). The van der Waals surface area contributed by atoms with Crippen molar-refractivity contribution in [3.05, 3.63) is 16.1 Å². The highest BCUT2D eigenvalue weighted by atomic mass is 127. The number of ether oxygens (including phenoxy) is 1. The summed E-state index contributed by atoms with van der Waals surface area (Å²) in [5.41, 5.74) is 1.12. The number of hydrogen-bond acceptors (Lipinski definition) is 4. The Morgan fingerprint density at radius 2 is 2.35 bits per heavy atom. The molecule has 2 saturated heterocycles. The van der Waals surface area contributed by atoms with Gasteiger partial charge in [-0.25, -0.2) is 4.98 Å². The first-order valence-electron chi connectivity index (χ1n) is 8.36. The van der Waals surface area contributed by atoms with Crippen LogP contribution in [-0.2, 0) is 11.2 Å². The number of thiazole rings is 1. The van der Waals surface area contributed by atoms with Gasteiger partial charge < -0.3 is 15.4 Å². The van der Waals surface area contributed by atoms with Gasteiger partial charge in [-0.05, 0) is 39.5 Å². The van der Waals surface area contributed by atoms with Crippen LogP contribution in [0.3, 0.4) is 0 Å². The smallest absolute Gasteiger partial charge is 0.191 e. The van der Waals surface area contributed by atoms with E-state index in [-0.39, 0.29) is 24.0 Å². The summed E-state index contributed by atoms with van der Waals surface area (Å²) in [4.78, 5) is 9.19. The zero-order chi connectivity index (χ0) is 15.4. The highest BCUT2D eigenvalue weighted by Gasteiger charge is 2.41. The van der Waals surface area contributed by atoms with E-state index in [9.17, 15) is 0 Å². The Labute approximate surface area is 159 Å². The molecular weight excluding hydrogens is 423 g/mol. The second kappa shape index (κ2) is 9.17. The Morgan fingerprint density at radius 1 is 1.48 bits per heavy atom. The van der Waals surface area contributed by atoms with Crippen LogP contribution in [0.1, 0.15) is 43.3 Å². The molecule has 0 radical (unpaired) electrons. The third-order valence-electron chi connectivity index (χ3n) is 4.26. The second-order valence-corrected chi connectivity index (χ2v) is 7.05. The summed E-state index contributed by atoms with van der Waals surface area (Å²) in [5, 5.41) is 10.2. The number of nitrogens with zero attached hydrogens (tertiary/aromatic N) is 2. The summed E-state index contributed by atoms with van der Waals surface area (Å²) in [6, 6.07) is 0.429. The van der Waals surface area contributed by atoms with Gasteiger partial charge in [0.25, 0.3) is 0 Å². The van der Waals surface area contributed by atoms with E-state index in [2.05, 4.69) is 27.9 Å². The van der Waals surface area contributed by atoms with Gasteiger partial charge in [0, 0.05) is 30.6 Å². The average Bonchev–Trinajstić information content (AvgIpc) is 3.20. The minimum Gasteiger partial charge on any atom is -0.373 e. The van der Waals surface area contributed by atoms with Crippen molar-refractivity contribution >= 4 is 41.3 Å². The van der Waals surface area contributed by atoms with Crippen molar-refractivity contribution in [3.63, 3.8) is 0 Å². The summed E-state index contributed by atoms with van der Waals surface area (Å²) in [6.07, 6.45) is 6.43. The third kappa shape index (κ3) is 5.29. The molecule has 2 fully saturated rings. The van der Waals surface area contributed by atoms with E-state index in [1.807, 2.05) is 6.92 Å². The van der Waals surface area contributed by atoms with Crippen LogP contribution in [0.5, 0.6) is 0 Å². The highest BCUT2D eigenvalue weighted by molar-refractivity contribution is 14.0. The number of rotatable bonds is 6. The molecule has 2 bridgehead atoms. The van der Waals surface area contributed by atoms with E-state index < -0.39 is 0 Å². The first-order chi connectivity index (χ1) is 10.7. The number of hydrogen-bond donors (Lipinski definition) is 2. The number of aliphatic imine (C=N–C) groups is 1. The Hall–Kier alpha value is -0.410. The van der Waals surface area contributed by atoms with Gasteiger partial charge in [-0.2, -0.15) is 0 Å². The van der Waals surface area contributed by atoms with E-state index in [4.69, 9.17) is 9.73 Å². The fraction of sp³-hybridized carbons (Fsp3) is 0.750. The molecular formula is C16H27IN4OS.